The number of alkyl halides is 3. The van der Waals surface area contributed by atoms with E-state index in [2.05, 4.69) is 39.5 Å². The van der Waals surface area contributed by atoms with Gasteiger partial charge in [0.15, 0.2) is 0 Å². The van der Waals surface area contributed by atoms with Crippen molar-refractivity contribution in [1.82, 2.24) is 9.88 Å². The van der Waals surface area contributed by atoms with Gasteiger partial charge in [0, 0.05) is 41.9 Å². The number of aromatic nitrogens is 1. The molecule has 1 aliphatic heterocycles. The maximum atomic E-state index is 13.2. The third kappa shape index (κ3) is 5.64. The topological polar surface area (TPSA) is 37.4 Å². The van der Waals surface area contributed by atoms with E-state index in [9.17, 15) is 13.2 Å². The van der Waals surface area contributed by atoms with Crippen LogP contribution in [0.5, 0.6) is 0 Å². The van der Waals surface area contributed by atoms with E-state index in [1.807, 2.05) is 24.3 Å². The van der Waals surface area contributed by atoms with Gasteiger partial charge < -0.3 is 10.1 Å². The SMILES string of the molecule is FC(F)(F)c1ccc2c(NC(c3ccc(CN4CCOCC4)cc3)c3cccc(Cl)c3)ccnc2c1. The molecule has 4 nitrogen and oxygen atoms in total. The minimum Gasteiger partial charge on any atom is -0.379 e. The zero-order valence-electron chi connectivity index (χ0n) is 19.4. The third-order valence-corrected chi connectivity index (χ3v) is 6.61. The fourth-order valence-corrected chi connectivity index (χ4v) is 4.68. The zero-order chi connectivity index (χ0) is 25.1. The molecule has 1 aliphatic rings. The summed E-state index contributed by atoms with van der Waals surface area (Å²) in [4.78, 5) is 6.54. The van der Waals surface area contributed by atoms with Crippen LogP contribution in [-0.2, 0) is 17.5 Å². The number of rotatable bonds is 6. The molecule has 1 unspecified atom stereocenters. The number of benzene rings is 3. The van der Waals surface area contributed by atoms with Gasteiger partial charge in [-0.25, -0.2) is 0 Å². The van der Waals surface area contributed by atoms with Crippen LogP contribution < -0.4 is 5.32 Å². The number of ether oxygens (including phenoxy) is 1. The molecule has 0 spiro atoms. The zero-order valence-corrected chi connectivity index (χ0v) is 20.2. The first-order valence-electron chi connectivity index (χ1n) is 11.7. The molecule has 0 radical (unpaired) electrons. The van der Waals surface area contributed by atoms with Crippen LogP contribution in [0.15, 0.2) is 79.0 Å². The fraction of sp³-hybridized carbons (Fsp3) is 0.250. The lowest BCUT2D eigenvalue weighted by molar-refractivity contribution is -0.137. The van der Waals surface area contributed by atoms with E-state index in [0.717, 1.165) is 56.1 Å². The Labute approximate surface area is 212 Å². The lowest BCUT2D eigenvalue weighted by Crippen LogP contribution is -2.35. The summed E-state index contributed by atoms with van der Waals surface area (Å²) in [5.74, 6) is 0. The number of nitrogens with zero attached hydrogens (tertiary/aromatic N) is 2. The first-order valence-corrected chi connectivity index (χ1v) is 12.1. The highest BCUT2D eigenvalue weighted by Gasteiger charge is 2.30. The number of morpholine rings is 1. The summed E-state index contributed by atoms with van der Waals surface area (Å²) in [6, 6.07) is 21.1. The van der Waals surface area contributed by atoms with Gasteiger partial charge in [-0.1, -0.05) is 54.1 Å². The number of anilines is 1. The molecule has 2 heterocycles. The van der Waals surface area contributed by atoms with Crippen LogP contribution in [0, 0.1) is 0 Å². The molecular formula is C28H25ClF3N3O. The molecule has 1 fully saturated rings. The predicted molar refractivity (Wildman–Crippen MR) is 136 cm³/mol. The van der Waals surface area contributed by atoms with Crippen molar-refractivity contribution >= 4 is 28.2 Å². The maximum absolute atomic E-state index is 13.2. The van der Waals surface area contributed by atoms with Gasteiger partial charge in [-0.2, -0.15) is 13.2 Å². The standard InChI is InChI=1S/C28H25ClF3N3O/c29-23-3-1-2-21(16-23)27(20-6-4-19(5-7-20)18-35-12-14-36-15-13-35)34-25-10-11-33-26-17-22(28(30,31)32)8-9-24(25)26/h1-11,16-17,27H,12-15,18H2,(H,33,34). The van der Waals surface area contributed by atoms with Gasteiger partial charge >= 0.3 is 6.18 Å². The predicted octanol–water partition coefficient (Wildman–Crippen LogP) is 6.94. The Bertz CT molecular complexity index is 1340. The van der Waals surface area contributed by atoms with Crippen LogP contribution >= 0.6 is 11.6 Å². The average molecular weight is 512 g/mol. The van der Waals surface area contributed by atoms with Gasteiger partial charge in [0.1, 0.15) is 0 Å². The molecule has 0 aliphatic carbocycles. The van der Waals surface area contributed by atoms with Crippen molar-refractivity contribution in [3.05, 3.63) is 106 Å². The van der Waals surface area contributed by atoms with Crippen LogP contribution in [-0.4, -0.2) is 36.2 Å². The van der Waals surface area contributed by atoms with Crippen molar-refractivity contribution in [2.45, 2.75) is 18.8 Å². The smallest absolute Gasteiger partial charge is 0.379 e. The van der Waals surface area contributed by atoms with Crippen molar-refractivity contribution in [3.63, 3.8) is 0 Å². The molecule has 5 rings (SSSR count). The number of nitrogens with one attached hydrogen (secondary N) is 1. The molecule has 4 aromatic rings. The molecule has 3 aromatic carbocycles. The Balaban J connectivity index is 1.47. The molecule has 0 bridgehead atoms. The second-order valence-corrected chi connectivity index (χ2v) is 9.29. The van der Waals surface area contributed by atoms with Gasteiger partial charge in [0.25, 0.3) is 0 Å². The number of fused-ring (bicyclic) bond motifs is 1. The highest BCUT2D eigenvalue weighted by Crippen LogP contribution is 2.35. The first kappa shape index (κ1) is 24.6. The van der Waals surface area contributed by atoms with Crippen LogP contribution in [0.1, 0.15) is 28.3 Å². The maximum Gasteiger partial charge on any atom is 0.416 e. The Morgan fingerprint density at radius 3 is 2.44 bits per heavy atom. The molecular weight excluding hydrogens is 487 g/mol. The highest BCUT2D eigenvalue weighted by molar-refractivity contribution is 6.30. The van der Waals surface area contributed by atoms with Crippen molar-refractivity contribution in [1.29, 1.82) is 0 Å². The van der Waals surface area contributed by atoms with E-state index in [1.54, 1.807) is 6.07 Å². The molecule has 1 atom stereocenters. The lowest BCUT2D eigenvalue weighted by atomic mass is 9.96. The van der Waals surface area contributed by atoms with Crippen LogP contribution in [0.4, 0.5) is 18.9 Å². The highest BCUT2D eigenvalue weighted by atomic mass is 35.5. The molecule has 8 heteroatoms. The van der Waals surface area contributed by atoms with Crippen LogP contribution in [0.25, 0.3) is 10.9 Å². The van der Waals surface area contributed by atoms with Crippen LogP contribution in [0.2, 0.25) is 5.02 Å². The van der Waals surface area contributed by atoms with Crippen LogP contribution in [0.3, 0.4) is 0 Å². The summed E-state index contributed by atoms with van der Waals surface area (Å²) in [6.45, 7) is 4.20. The monoisotopic (exact) mass is 511 g/mol. The minimum absolute atomic E-state index is 0.269. The first-order chi connectivity index (χ1) is 17.4. The summed E-state index contributed by atoms with van der Waals surface area (Å²) < 4.78 is 45.1. The largest absolute Gasteiger partial charge is 0.416 e. The van der Waals surface area contributed by atoms with E-state index in [1.165, 1.54) is 17.8 Å². The van der Waals surface area contributed by atoms with Gasteiger partial charge in [-0.05, 0) is 47.0 Å². The molecule has 36 heavy (non-hydrogen) atoms. The molecule has 0 amide bonds. The number of halogens is 4. The number of hydrogen-bond donors (Lipinski definition) is 1. The Kier molecular flexibility index (Phi) is 7.14. The van der Waals surface area contributed by atoms with Crippen molar-refractivity contribution in [2.24, 2.45) is 0 Å². The Morgan fingerprint density at radius 2 is 1.72 bits per heavy atom. The van der Waals surface area contributed by atoms with Gasteiger partial charge in [-0.15, -0.1) is 0 Å². The Hall–Kier alpha value is -3.13. The molecule has 1 saturated heterocycles. The van der Waals surface area contributed by atoms with Crippen molar-refractivity contribution in [3.8, 4) is 0 Å². The van der Waals surface area contributed by atoms with E-state index >= 15 is 0 Å². The number of pyridine rings is 1. The molecule has 186 valence electrons. The van der Waals surface area contributed by atoms with Gasteiger partial charge in [-0.3, -0.25) is 9.88 Å². The fourth-order valence-electron chi connectivity index (χ4n) is 4.48. The summed E-state index contributed by atoms with van der Waals surface area (Å²) in [6.07, 6.45) is -2.91. The second kappa shape index (κ2) is 10.5. The van der Waals surface area contributed by atoms with Gasteiger partial charge in [0.05, 0.1) is 30.3 Å². The normalized spacial score (nSPS) is 15.7. The van der Waals surface area contributed by atoms with E-state index in [4.69, 9.17) is 16.3 Å². The van der Waals surface area contributed by atoms with E-state index < -0.39 is 11.7 Å². The molecule has 1 aromatic heterocycles. The molecule has 1 N–H and O–H groups in total. The van der Waals surface area contributed by atoms with E-state index in [0.29, 0.717) is 16.1 Å². The van der Waals surface area contributed by atoms with Gasteiger partial charge in [0.2, 0.25) is 0 Å². The second-order valence-electron chi connectivity index (χ2n) is 8.85. The number of hydrogen-bond acceptors (Lipinski definition) is 4. The molecule has 0 saturated carbocycles. The quantitative estimate of drug-likeness (QED) is 0.304. The van der Waals surface area contributed by atoms with Crippen molar-refractivity contribution in [2.75, 3.05) is 31.6 Å². The lowest BCUT2D eigenvalue weighted by Gasteiger charge is -2.27. The van der Waals surface area contributed by atoms with Crippen molar-refractivity contribution < 1.29 is 17.9 Å². The summed E-state index contributed by atoms with van der Waals surface area (Å²) in [5.41, 5.74) is 3.42. The van der Waals surface area contributed by atoms with E-state index in [-0.39, 0.29) is 11.6 Å². The summed E-state index contributed by atoms with van der Waals surface area (Å²) in [5, 5.41) is 4.76. The third-order valence-electron chi connectivity index (χ3n) is 6.37. The summed E-state index contributed by atoms with van der Waals surface area (Å²) >= 11 is 6.31. The minimum atomic E-state index is -4.43. The Morgan fingerprint density at radius 1 is 0.944 bits per heavy atom. The summed E-state index contributed by atoms with van der Waals surface area (Å²) in [7, 11) is 0. The average Bonchev–Trinajstić information content (AvgIpc) is 2.88.